The van der Waals surface area contributed by atoms with Gasteiger partial charge >= 0.3 is 0 Å². The Balaban J connectivity index is 2.05. The lowest BCUT2D eigenvalue weighted by Gasteiger charge is -2.47. The molecule has 4 heteroatoms. The van der Waals surface area contributed by atoms with E-state index in [1.807, 2.05) is 13.0 Å². The molecule has 2 heterocycles. The summed E-state index contributed by atoms with van der Waals surface area (Å²) in [5.41, 5.74) is 2.81. The Morgan fingerprint density at radius 2 is 2.21 bits per heavy atom. The van der Waals surface area contributed by atoms with Gasteiger partial charge in [0.25, 0.3) is 0 Å². The number of aliphatic hydroxyl groups excluding tert-OH is 1. The highest BCUT2D eigenvalue weighted by Crippen LogP contribution is 2.41. The van der Waals surface area contributed by atoms with Crippen molar-refractivity contribution in [1.29, 1.82) is 0 Å². The fraction of sp³-hybridized carbons (Fsp3) is 0.533. The van der Waals surface area contributed by atoms with Crippen molar-refractivity contribution in [2.45, 2.75) is 25.7 Å². The predicted octanol–water partition coefficient (Wildman–Crippen LogP) is 2.42. The number of oxazole rings is 1. The van der Waals surface area contributed by atoms with Crippen LogP contribution in [-0.4, -0.2) is 29.9 Å². The van der Waals surface area contributed by atoms with E-state index in [1.54, 1.807) is 0 Å². The van der Waals surface area contributed by atoms with Crippen LogP contribution in [0.15, 0.2) is 22.6 Å². The number of aryl methyl sites for hydroxylation is 1. The summed E-state index contributed by atoms with van der Waals surface area (Å²) >= 11 is 0. The lowest BCUT2D eigenvalue weighted by atomic mass is 9.68. The summed E-state index contributed by atoms with van der Waals surface area (Å²) in [5.74, 6) is 0.906. The lowest BCUT2D eigenvalue weighted by molar-refractivity contribution is -0.101. The molecule has 102 valence electrons. The number of benzene rings is 1. The number of hydrogen-bond acceptors (Lipinski definition) is 4. The van der Waals surface area contributed by atoms with Gasteiger partial charge in [0.05, 0.1) is 13.2 Å². The molecule has 0 spiro atoms. The standard InChI is InChI=1S/C15H19NO3/c1-3-11(7-17)15(8-18-9-15)12-4-5-13-14(6-12)19-10(2)16-13/h4-6,11,17H,3,7-9H2,1-2H3. The molecule has 0 radical (unpaired) electrons. The third-order valence-corrected chi connectivity index (χ3v) is 4.28. The molecule has 1 unspecified atom stereocenters. The van der Waals surface area contributed by atoms with E-state index in [4.69, 9.17) is 9.15 Å². The number of aromatic nitrogens is 1. The minimum Gasteiger partial charge on any atom is -0.441 e. The van der Waals surface area contributed by atoms with Crippen LogP contribution in [0, 0.1) is 12.8 Å². The summed E-state index contributed by atoms with van der Waals surface area (Å²) in [4.78, 5) is 4.32. The first-order chi connectivity index (χ1) is 9.19. The number of ether oxygens (including phenoxy) is 1. The smallest absolute Gasteiger partial charge is 0.192 e. The largest absolute Gasteiger partial charge is 0.441 e. The fourth-order valence-electron chi connectivity index (χ4n) is 3.00. The Kier molecular flexibility index (Phi) is 3.07. The molecule has 0 amide bonds. The van der Waals surface area contributed by atoms with Crippen molar-refractivity contribution in [3.05, 3.63) is 29.7 Å². The maximum atomic E-state index is 9.61. The second kappa shape index (κ2) is 4.62. The lowest BCUT2D eigenvalue weighted by Crippen LogP contribution is -2.53. The number of aliphatic hydroxyl groups is 1. The molecule has 1 aliphatic heterocycles. The molecular formula is C15H19NO3. The zero-order valence-corrected chi connectivity index (χ0v) is 11.3. The number of hydrogen-bond donors (Lipinski definition) is 1. The van der Waals surface area contributed by atoms with E-state index in [2.05, 4.69) is 24.0 Å². The first-order valence-corrected chi connectivity index (χ1v) is 6.76. The highest BCUT2D eigenvalue weighted by atomic mass is 16.5. The predicted molar refractivity (Wildman–Crippen MR) is 72.1 cm³/mol. The Morgan fingerprint density at radius 1 is 1.42 bits per heavy atom. The Hall–Kier alpha value is -1.39. The van der Waals surface area contributed by atoms with Gasteiger partial charge in [0.15, 0.2) is 11.5 Å². The summed E-state index contributed by atoms with van der Waals surface area (Å²) in [6.45, 7) is 5.49. The number of rotatable bonds is 4. The van der Waals surface area contributed by atoms with E-state index < -0.39 is 0 Å². The van der Waals surface area contributed by atoms with Crippen LogP contribution in [0.3, 0.4) is 0 Å². The molecule has 19 heavy (non-hydrogen) atoms. The molecule has 1 atom stereocenters. The molecule has 0 saturated carbocycles. The molecule has 2 aromatic rings. The summed E-state index contributed by atoms with van der Waals surface area (Å²) in [6.07, 6.45) is 0.938. The zero-order chi connectivity index (χ0) is 13.5. The van der Waals surface area contributed by atoms with E-state index in [-0.39, 0.29) is 17.9 Å². The Labute approximate surface area is 112 Å². The van der Waals surface area contributed by atoms with Crippen LogP contribution in [0.2, 0.25) is 0 Å². The molecule has 1 fully saturated rings. The Morgan fingerprint density at radius 3 is 2.79 bits per heavy atom. The first kappa shape index (κ1) is 12.6. The number of nitrogens with zero attached hydrogens (tertiary/aromatic N) is 1. The first-order valence-electron chi connectivity index (χ1n) is 6.76. The molecule has 1 aromatic carbocycles. The fourth-order valence-corrected chi connectivity index (χ4v) is 3.00. The van der Waals surface area contributed by atoms with Gasteiger partial charge < -0.3 is 14.3 Å². The molecular weight excluding hydrogens is 242 g/mol. The van der Waals surface area contributed by atoms with Crippen molar-refractivity contribution in [2.75, 3.05) is 19.8 Å². The minimum atomic E-state index is -0.0710. The van der Waals surface area contributed by atoms with Gasteiger partial charge in [-0.15, -0.1) is 0 Å². The maximum Gasteiger partial charge on any atom is 0.192 e. The van der Waals surface area contributed by atoms with Crippen molar-refractivity contribution < 1.29 is 14.3 Å². The van der Waals surface area contributed by atoms with E-state index in [1.165, 1.54) is 5.56 Å². The Bertz CT molecular complexity index is 582. The molecule has 1 aliphatic rings. The van der Waals surface area contributed by atoms with Gasteiger partial charge in [0.2, 0.25) is 0 Å². The summed E-state index contributed by atoms with van der Waals surface area (Å²) < 4.78 is 11.0. The van der Waals surface area contributed by atoms with Gasteiger partial charge in [0, 0.05) is 18.9 Å². The molecule has 3 rings (SSSR count). The third-order valence-electron chi connectivity index (χ3n) is 4.28. The van der Waals surface area contributed by atoms with Gasteiger partial charge in [-0.3, -0.25) is 0 Å². The highest BCUT2D eigenvalue weighted by Gasteiger charge is 2.46. The topological polar surface area (TPSA) is 55.5 Å². The molecule has 1 saturated heterocycles. The quantitative estimate of drug-likeness (QED) is 0.918. The summed E-state index contributed by atoms with van der Waals surface area (Å²) in [7, 11) is 0. The highest BCUT2D eigenvalue weighted by molar-refractivity contribution is 5.74. The van der Waals surface area contributed by atoms with Gasteiger partial charge in [-0.05, 0) is 23.6 Å². The van der Waals surface area contributed by atoms with Crippen molar-refractivity contribution in [3.8, 4) is 0 Å². The van der Waals surface area contributed by atoms with Gasteiger partial charge in [-0.2, -0.15) is 0 Å². The molecule has 1 aromatic heterocycles. The maximum absolute atomic E-state index is 9.61. The summed E-state index contributed by atoms with van der Waals surface area (Å²) in [6, 6.07) is 6.13. The monoisotopic (exact) mass is 261 g/mol. The average Bonchev–Trinajstić information content (AvgIpc) is 2.72. The van der Waals surface area contributed by atoms with E-state index >= 15 is 0 Å². The van der Waals surface area contributed by atoms with E-state index in [0.717, 1.165) is 17.5 Å². The van der Waals surface area contributed by atoms with Gasteiger partial charge in [-0.25, -0.2) is 4.98 Å². The van der Waals surface area contributed by atoms with Crippen LogP contribution in [0.4, 0.5) is 0 Å². The second-order valence-electron chi connectivity index (χ2n) is 5.35. The summed E-state index contributed by atoms with van der Waals surface area (Å²) in [5, 5.41) is 9.61. The zero-order valence-electron chi connectivity index (χ0n) is 11.3. The van der Waals surface area contributed by atoms with Crippen LogP contribution in [0.25, 0.3) is 11.1 Å². The van der Waals surface area contributed by atoms with Crippen molar-refractivity contribution >= 4 is 11.1 Å². The molecule has 0 aliphatic carbocycles. The van der Waals surface area contributed by atoms with Crippen LogP contribution >= 0.6 is 0 Å². The van der Waals surface area contributed by atoms with Crippen molar-refractivity contribution in [3.63, 3.8) is 0 Å². The number of fused-ring (bicyclic) bond motifs is 1. The van der Waals surface area contributed by atoms with E-state index in [0.29, 0.717) is 19.1 Å². The molecule has 1 N–H and O–H groups in total. The normalized spacial score (nSPS) is 19.3. The minimum absolute atomic E-state index is 0.0710. The molecule has 0 bridgehead atoms. The van der Waals surface area contributed by atoms with Crippen molar-refractivity contribution in [2.24, 2.45) is 5.92 Å². The average molecular weight is 261 g/mol. The molecule has 4 nitrogen and oxygen atoms in total. The van der Waals surface area contributed by atoms with Crippen LogP contribution < -0.4 is 0 Å². The third kappa shape index (κ3) is 1.86. The van der Waals surface area contributed by atoms with Crippen LogP contribution in [0.5, 0.6) is 0 Å². The van der Waals surface area contributed by atoms with Crippen LogP contribution in [0.1, 0.15) is 24.8 Å². The second-order valence-corrected chi connectivity index (χ2v) is 5.35. The SMILES string of the molecule is CCC(CO)C1(c2ccc3nc(C)oc3c2)COC1. The van der Waals surface area contributed by atoms with Crippen LogP contribution in [-0.2, 0) is 10.2 Å². The van der Waals surface area contributed by atoms with Gasteiger partial charge in [0.1, 0.15) is 5.52 Å². The van der Waals surface area contributed by atoms with Gasteiger partial charge in [-0.1, -0.05) is 19.4 Å². The van der Waals surface area contributed by atoms with E-state index in [9.17, 15) is 5.11 Å². The van der Waals surface area contributed by atoms with Crippen molar-refractivity contribution in [1.82, 2.24) is 4.98 Å².